The molecule has 0 spiro atoms. The summed E-state index contributed by atoms with van der Waals surface area (Å²) in [7, 11) is 1.25. The molecule has 0 radical (unpaired) electrons. The molecule has 1 aromatic heterocycles. The molecule has 2 aliphatic heterocycles. The standard InChI is InChI=1S/C31H32ClFN6O5/c1-16-6-4-8-22(37-30(42)28-17(2)39(15-34-28)25-9-5-7-21(32)27(25)33)24-12-18(13-26(40)36-24)20-11-10-19(35-31(43)44-3)14-23(20)38-29(16)41/h5,7,9-14,16,22,34H,4,6,8,15H2,1-3H3,(H,35,43)(H,36,40)(H,37,42)(H,38,41). The average Bonchev–Trinajstić information content (AvgIpc) is 3.38. The lowest BCUT2D eigenvalue weighted by Crippen LogP contribution is -2.35. The number of methoxy groups -OCH3 is 1. The average molecular weight is 623 g/mol. The Morgan fingerprint density at radius 3 is 2.68 bits per heavy atom. The number of allylic oxidation sites excluding steroid dienone is 1. The fourth-order valence-electron chi connectivity index (χ4n) is 5.36. The number of carbonyl (C=O) groups is 3. The number of pyridine rings is 1. The third-order valence-corrected chi connectivity index (χ3v) is 8.07. The van der Waals surface area contributed by atoms with Crippen LogP contribution in [0.3, 0.4) is 0 Å². The van der Waals surface area contributed by atoms with Crippen LogP contribution in [0.1, 0.15) is 44.8 Å². The number of rotatable bonds is 4. The van der Waals surface area contributed by atoms with E-state index in [9.17, 15) is 23.6 Å². The van der Waals surface area contributed by atoms with Gasteiger partial charge in [-0.15, -0.1) is 0 Å². The smallest absolute Gasteiger partial charge is 0.411 e. The molecule has 2 unspecified atom stereocenters. The van der Waals surface area contributed by atoms with E-state index in [2.05, 4.69) is 31.0 Å². The molecule has 13 heteroatoms. The van der Waals surface area contributed by atoms with Crippen molar-refractivity contribution in [3.63, 3.8) is 0 Å². The number of amides is 3. The molecule has 2 aliphatic rings. The molecule has 2 bridgehead atoms. The van der Waals surface area contributed by atoms with Gasteiger partial charge in [0, 0.05) is 34.6 Å². The van der Waals surface area contributed by atoms with Crippen molar-refractivity contribution in [1.29, 1.82) is 0 Å². The van der Waals surface area contributed by atoms with Gasteiger partial charge in [-0.3, -0.25) is 19.7 Å². The summed E-state index contributed by atoms with van der Waals surface area (Å²) < 4.78 is 19.4. The SMILES string of the molecule is COC(=O)Nc1ccc2c(c1)NC(=O)C(C)CCCC(NC(=O)C1=C(C)N(c3cccc(Cl)c3F)CN1)c1cc-2cc(=O)[nH]1. The van der Waals surface area contributed by atoms with Gasteiger partial charge in [0.15, 0.2) is 5.82 Å². The zero-order valence-corrected chi connectivity index (χ0v) is 25.1. The lowest BCUT2D eigenvalue weighted by atomic mass is 9.95. The number of benzene rings is 2. The number of hydrogen-bond acceptors (Lipinski definition) is 7. The van der Waals surface area contributed by atoms with Gasteiger partial charge in [-0.05, 0) is 55.7 Å². The van der Waals surface area contributed by atoms with Crippen molar-refractivity contribution in [3.05, 3.63) is 86.8 Å². The first-order chi connectivity index (χ1) is 21.0. The molecule has 3 aromatic rings. The molecular formula is C31H32ClFN6O5. The van der Waals surface area contributed by atoms with E-state index < -0.39 is 29.4 Å². The number of anilines is 3. The third-order valence-electron chi connectivity index (χ3n) is 7.77. The molecule has 0 aliphatic carbocycles. The summed E-state index contributed by atoms with van der Waals surface area (Å²) in [6.07, 6.45) is 0.849. The number of nitrogens with one attached hydrogen (secondary N) is 5. The van der Waals surface area contributed by atoms with Crippen LogP contribution in [0.15, 0.2) is 64.7 Å². The van der Waals surface area contributed by atoms with Crippen molar-refractivity contribution in [2.45, 2.75) is 39.2 Å². The molecule has 3 heterocycles. The van der Waals surface area contributed by atoms with Gasteiger partial charge in [-0.2, -0.15) is 0 Å². The monoisotopic (exact) mass is 622 g/mol. The van der Waals surface area contributed by atoms with Crippen LogP contribution in [0.4, 0.5) is 26.2 Å². The van der Waals surface area contributed by atoms with Crippen molar-refractivity contribution in [2.24, 2.45) is 5.92 Å². The second-order valence-corrected chi connectivity index (χ2v) is 11.1. The summed E-state index contributed by atoms with van der Waals surface area (Å²) in [5.41, 5.74) is 2.95. The maximum atomic E-state index is 14.8. The van der Waals surface area contributed by atoms with E-state index in [4.69, 9.17) is 11.6 Å². The summed E-state index contributed by atoms with van der Waals surface area (Å²) in [6, 6.07) is 12.1. The summed E-state index contributed by atoms with van der Waals surface area (Å²) in [4.78, 5) is 55.9. The van der Waals surface area contributed by atoms with Gasteiger partial charge in [0.2, 0.25) is 11.5 Å². The number of fused-ring (bicyclic) bond motifs is 4. The Hall–Kier alpha value is -4.84. The minimum atomic E-state index is -0.669. The van der Waals surface area contributed by atoms with Crippen molar-refractivity contribution in [2.75, 3.05) is 29.3 Å². The van der Waals surface area contributed by atoms with E-state index in [1.165, 1.54) is 19.2 Å². The number of carbonyl (C=O) groups excluding carboxylic acids is 3. The molecule has 44 heavy (non-hydrogen) atoms. The van der Waals surface area contributed by atoms with Gasteiger partial charge >= 0.3 is 6.09 Å². The van der Waals surface area contributed by atoms with E-state index in [1.54, 1.807) is 48.2 Å². The van der Waals surface area contributed by atoms with Crippen LogP contribution in [-0.4, -0.2) is 36.7 Å². The first kappa shape index (κ1) is 30.6. The van der Waals surface area contributed by atoms with Crippen molar-refractivity contribution in [1.82, 2.24) is 15.6 Å². The predicted molar refractivity (Wildman–Crippen MR) is 166 cm³/mol. The first-order valence-electron chi connectivity index (χ1n) is 14.1. The van der Waals surface area contributed by atoms with Gasteiger partial charge < -0.3 is 30.6 Å². The molecule has 2 atom stereocenters. The molecule has 11 nitrogen and oxygen atoms in total. The zero-order valence-electron chi connectivity index (χ0n) is 24.3. The fourth-order valence-corrected chi connectivity index (χ4v) is 5.53. The van der Waals surface area contributed by atoms with Gasteiger partial charge in [0.1, 0.15) is 5.70 Å². The number of aromatic nitrogens is 1. The van der Waals surface area contributed by atoms with Crippen molar-refractivity contribution < 1.29 is 23.5 Å². The van der Waals surface area contributed by atoms with E-state index in [-0.39, 0.29) is 34.9 Å². The van der Waals surface area contributed by atoms with Crippen LogP contribution in [0.5, 0.6) is 0 Å². The summed E-state index contributed by atoms with van der Waals surface area (Å²) in [5, 5.41) is 11.6. The Bertz CT molecular complexity index is 1720. The third kappa shape index (κ3) is 6.40. The molecule has 0 fully saturated rings. The Labute approximate surface area is 257 Å². The Morgan fingerprint density at radius 1 is 1.11 bits per heavy atom. The lowest BCUT2D eigenvalue weighted by Gasteiger charge is -2.23. The van der Waals surface area contributed by atoms with Gasteiger partial charge in [0.25, 0.3) is 5.91 Å². The number of nitrogens with zero attached hydrogens (tertiary/aromatic N) is 1. The quantitative estimate of drug-likeness (QED) is 0.268. The minimum absolute atomic E-state index is 0.0225. The number of halogens is 2. The summed E-state index contributed by atoms with van der Waals surface area (Å²) in [6.45, 7) is 3.69. The van der Waals surface area contributed by atoms with Gasteiger partial charge in [-0.1, -0.05) is 37.1 Å². The van der Waals surface area contributed by atoms with Crippen LogP contribution < -0.4 is 31.7 Å². The molecule has 5 N–H and O–H groups in total. The fraction of sp³-hybridized carbons (Fsp3) is 0.290. The second kappa shape index (κ2) is 12.8. The largest absolute Gasteiger partial charge is 0.453 e. The summed E-state index contributed by atoms with van der Waals surface area (Å²) in [5.74, 6) is -1.61. The van der Waals surface area contributed by atoms with Crippen LogP contribution in [-0.2, 0) is 14.3 Å². The second-order valence-electron chi connectivity index (χ2n) is 10.7. The predicted octanol–water partition coefficient (Wildman–Crippen LogP) is 5.23. The Balaban J connectivity index is 1.50. The van der Waals surface area contributed by atoms with Crippen molar-refractivity contribution in [3.8, 4) is 11.1 Å². The van der Waals surface area contributed by atoms with Crippen molar-refractivity contribution >= 4 is 46.6 Å². The molecular weight excluding hydrogens is 591 g/mol. The highest BCUT2D eigenvalue weighted by Crippen LogP contribution is 2.34. The zero-order chi connectivity index (χ0) is 31.5. The number of H-pyrrole nitrogens is 1. The first-order valence-corrected chi connectivity index (χ1v) is 14.4. The number of ether oxygens (including phenoxy) is 1. The molecule has 5 rings (SSSR count). The minimum Gasteiger partial charge on any atom is -0.453 e. The highest BCUT2D eigenvalue weighted by atomic mass is 35.5. The van der Waals surface area contributed by atoms with Crippen LogP contribution in [0.2, 0.25) is 5.02 Å². The molecule has 230 valence electrons. The Morgan fingerprint density at radius 2 is 1.91 bits per heavy atom. The molecule has 2 aromatic carbocycles. The molecule has 0 saturated heterocycles. The molecule has 0 saturated carbocycles. The van der Waals surface area contributed by atoms with E-state index in [1.807, 2.05) is 6.92 Å². The number of hydrogen-bond donors (Lipinski definition) is 5. The van der Waals surface area contributed by atoms with Crippen LogP contribution >= 0.6 is 11.6 Å². The van der Waals surface area contributed by atoms with E-state index in [0.717, 1.165) is 0 Å². The maximum absolute atomic E-state index is 14.8. The van der Waals surface area contributed by atoms with E-state index in [0.29, 0.717) is 53.2 Å². The Kier molecular flexibility index (Phi) is 8.91. The topological polar surface area (TPSA) is 145 Å². The normalized spacial score (nSPS) is 18.3. The highest BCUT2D eigenvalue weighted by Gasteiger charge is 2.29. The van der Waals surface area contributed by atoms with Crippen LogP contribution in [0.25, 0.3) is 11.1 Å². The maximum Gasteiger partial charge on any atom is 0.411 e. The van der Waals surface area contributed by atoms with Gasteiger partial charge in [-0.25, -0.2) is 9.18 Å². The number of aromatic amines is 1. The summed E-state index contributed by atoms with van der Waals surface area (Å²) >= 11 is 5.98. The highest BCUT2D eigenvalue weighted by molar-refractivity contribution is 6.31. The van der Waals surface area contributed by atoms with Gasteiger partial charge in [0.05, 0.1) is 36.2 Å². The van der Waals surface area contributed by atoms with Crippen LogP contribution in [0, 0.1) is 11.7 Å². The molecule has 3 amide bonds. The lowest BCUT2D eigenvalue weighted by molar-refractivity contribution is -0.120. The van der Waals surface area contributed by atoms with E-state index >= 15 is 0 Å².